The number of benzene rings is 2. The number of anilines is 2. The predicted octanol–water partition coefficient (Wildman–Crippen LogP) is 2.04. The predicted molar refractivity (Wildman–Crippen MR) is 112 cm³/mol. The van der Waals surface area contributed by atoms with E-state index in [1.54, 1.807) is 12.1 Å². The van der Waals surface area contributed by atoms with Gasteiger partial charge in [-0.15, -0.1) is 0 Å². The lowest BCUT2D eigenvalue weighted by Gasteiger charge is -2.16. The van der Waals surface area contributed by atoms with Gasteiger partial charge in [-0.1, -0.05) is 6.07 Å². The second kappa shape index (κ2) is 8.12. The van der Waals surface area contributed by atoms with Crippen molar-refractivity contribution in [1.29, 1.82) is 0 Å². The highest BCUT2D eigenvalue weighted by Crippen LogP contribution is 2.30. The number of methoxy groups -OCH3 is 1. The summed E-state index contributed by atoms with van der Waals surface area (Å²) in [5.74, 6) is -0.876. The Morgan fingerprint density at radius 3 is 2.42 bits per heavy atom. The number of imide groups is 1. The quantitative estimate of drug-likeness (QED) is 0.632. The first-order valence-corrected chi connectivity index (χ1v) is 11.2. The first-order valence-electron chi connectivity index (χ1n) is 9.76. The molecule has 2 aromatic carbocycles. The zero-order chi connectivity index (χ0) is 22.2. The van der Waals surface area contributed by atoms with Crippen LogP contribution in [0.1, 0.15) is 36.0 Å². The molecule has 0 aromatic heterocycles. The molecule has 2 aliphatic rings. The molecule has 0 unspecified atom stereocenters. The summed E-state index contributed by atoms with van der Waals surface area (Å²) in [7, 11) is -2.30. The molecule has 1 aliphatic heterocycles. The number of rotatable bonds is 7. The highest BCUT2D eigenvalue weighted by Gasteiger charge is 2.31. The van der Waals surface area contributed by atoms with Gasteiger partial charge < -0.3 is 10.1 Å². The van der Waals surface area contributed by atoms with E-state index in [9.17, 15) is 22.8 Å². The third kappa shape index (κ3) is 4.44. The van der Waals surface area contributed by atoms with Crippen molar-refractivity contribution in [1.82, 2.24) is 4.72 Å². The number of sulfonamides is 1. The molecule has 1 heterocycles. The van der Waals surface area contributed by atoms with Crippen LogP contribution in [0.4, 0.5) is 11.4 Å². The summed E-state index contributed by atoms with van der Waals surface area (Å²) in [5.41, 5.74) is 0.707. The summed E-state index contributed by atoms with van der Waals surface area (Å²) in [6.45, 7) is 0. The zero-order valence-corrected chi connectivity index (χ0v) is 17.6. The fourth-order valence-corrected chi connectivity index (χ4v) is 4.62. The number of nitrogens with zero attached hydrogens (tertiary/aromatic N) is 1. The molecule has 10 heteroatoms. The summed E-state index contributed by atoms with van der Waals surface area (Å²) >= 11 is 0. The Kier molecular flexibility index (Phi) is 5.50. The van der Waals surface area contributed by atoms with Gasteiger partial charge in [-0.25, -0.2) is 13.1 Å². The minimum absolute atomic E-state index is 0.0116. The summed E-state index contributed by atoms with van der Waals surface area (Å²) in [4.78, 5) is 37.9. The van der Waals surface area contributed by atoms with Crippen LogP contribution in [-0.4, -0.2) is 39.3 Å². The Bertz CT molecular complexity index is 1160. The molecule has 0 bridgehead atoms. The Labute approximate surface area is 179 Å². The van der Waals surface area contributed by atoms with E-state index in [0.717, 1.165) is 17.7 Å². The first kappa shape index (κ1) is 21.0. The van der Waals surface area contributed by atoms with Gasteiger partial charge in [-0.3, -0.25) is 19.3 Å². The zero-order valence-electron chi connectivity index (χ0n) is 16.8. The first-order chi connectivity index (χ1) is 14.8. The van der Waals surface area contributed by atoms with Crippen LogP contribution in [0.25, 0.3) is 0 Å². The van der Waals surface area contributed by atoms with Gasteiger partial charge in [0.15, 0.2) is 0 Å². The van der Waals surface area contributed by atoms with E-state index in [4.69, 9.17) is 4.74 Å². The maximum atomic E-state index is 12.8. The SMILES string of the molecule is COc1ccc(S(=O)(=O)NC2CC2)cc1NC(=O)c1cccc(N2C(=O)CCC2=O)c1. The summed E-state index contributed by atoms with van der Waals surface area (Å²) in [6.07, 6.45) is 1.89. The molecule has 31 heavy (non-hydrogen) atoms. The van der Waals surface area contributed by atoms with Crippen molar-refractivity contribution in [2.24, 2.45) is 0 Å². The van der Waals surface area contributed by atoms with Gasteiger partial charge in [0.2, 0.25) is 21.8 Å². The average Bonchev–Trinajstić information content (AvgIpc) is 3.49. The van der Waals surface area contributed by atoms with Crippen LogP contribution in [0, 0.1) is 0 Å². The van der Waals surface area contributed by atoms with Gasteiger partial charge in [0, 0.05) is 24.4 Å². The van der Waals surface area contributed by atoms with Crippen molar-refractivity contribution in [2.45, 2.75) is 36.6 Å². The van der Waals surface area contributed by atoms with E-state index in [-0.39, 0.29) is 46.8 Å². The monoisotopic (exact) mass is 443 g/mol. The van der Waals surface area contributed by atoms with Crippen LogP contribution >= 0.6 is 0 Å². The Hall–Kier alpha value is -3.24. The number of amides is 3. The summed E-state index contributed by atoms with van der Waals surface area (Å²) in [5, 5.41) is 2.65. The highest BCUT2D eigenvalue weighted by molar-refractivity contribution is 7.89. The molecular weight excluding hydrogens is 422 g/mol. The van der Waals surface area contributed by atoms with E-state index in [1.807, 2.05) is 0 Å². The Balaban J connectivity index is 1.59. The lowest BCUT2D eigenvalue weighted by molar-refractivity contribution is -0.121. The second-order valence-corrected chi connectivity index (χ2v) is 9.10. The third-order valence-electron chi connectivity index (χ3n) is 5.05. The van der Waals surface area contributed by atoms with Gasteiger partial charge in [0.05, 0.1) is 23.4 Å². The molecule has 162 valence electrons. The number of hydrogen-bond acceptors (Lipinski definition) is 6. The Morgan fingerprint density at radius 1 is 1.06 bits per heavy atom. The van der Waals surface area contributed by atoms with Gasteiger partial charge in [-0.05, 0) is 49.2 Å². The maximum absolute atomic E-state index is 12.8. The number of carbonyl (C=O) groups excluding carboxylic acids is 3. The van der Waals surface area contributed by atoms with Crippen LogP contribution in [-0.2, 0) is 19.6 Å². The van der Waals surface area contributed by atoms with Gasteiger partial charge in [-0.2, -0.15) is 0 Å². The van der Waals surface area contributed by atoms with Gasteiger partial charge in [0.25, 0.3) is 5.91 Å². The third-order valence-corrected chi connectivity index (χ3v) is 6.56. The van der Waals surface area contributed by atoms with Crippen LogP contribution in [0.3, 0.4) is 0 Å². The molecule has 2 aromatic rings. The van der Waals surface area contributed by atoms with E-state index in [2.05, 4.69) is 10.0 Å². The number of nitrogens with one attached hydrogen (secondary N) is 2. The van der Waals surface area contributed by atoms with E-state index in [0.29, 0.717) is 11.4 Å². The highest BCUT2D eigenvalue weighted by atomic mass is 32.2. The lowest BCUT2D eigenvalue weighted by atomic mass is 10.1. The molecule has 0 spiro atoms. The van der Waals surface area contributed by atoms with E-state index in [1.165, 1.54) is 37.4 Å². The van der Waals surface area contributed by atoms with Crippen molar-refractivity contribution in [3.63, 3.8) is 0 Å². The minimum atomic E-state index is -3.71. The molecule has 9 nitrogen and oxygen atoms in total. The summed E-state index contributed by atoms with van der Waals surface area (Å²) in [6, 6.07) is 10.3. The molecule has 3 amide bonds. The molecular formula is C21H21N3O6S. The van der Waals surface area contributed by atoms with Gasteiger partial charge in [0.1, 0.15) is 5.75 Å². The van der Waals surface area contributed by atoms with Crippen molar-refractivity contribution < 1.29 is 27.5 Å². The van der Waals surface area contributed by atoms with Crippen LogP contribution in [0.15, 0.2) is 47.4 Å². The van der Waals surface area contributed by atoms with Gasteiger partial charge >= 0.3 is 0 Å². The number of carbonyl (C=O) groups is 3. The second-order valence-electron chi connectivity index (χ2n) is 7.38. The largest absolute Gasteiger partial charge is 0.495 e. The van der Waals surface area contributed by atoms with Crippen LogP contribution < -0.4 is 19.7 Å². The van der Waals surface area contributed by atoms with E-state index >= 15 is 0 Å². The molecule has 2 fully saturated rings. The standard InChI is InChI=1S/C21H21N3O6S/c1-30-18-8-7-16(31(28,29)23-14-5-6-14)12-17(18)22-21(27)13-3-2-4-15(11-13)24-19(25)9-10-20(24)26/h2-4,7-8,11-12,14,23H,5-6,9-10H2,1H3,(H,22,27). The molecule has 0 atom stereocenters. The molecule has 2 N–H and O–H groups in total. The number of ether oxygens (including phenoxy) is 1. The van der Waals surface area contributed by atoms with Crippen LogP contribution in [0.5, 0.6) is 5.75 Å². The van der Waals surface area contributed by atoms with Crippen molar-refractivity contribution in [3.05, 3.63) is 48.0 Å². The average molecular weight is 443 g/mol. The molecule has 1 aliphatic carbocycles. The topological polar surface area (TPSA) is 122 Å². The maximum Gasteiger partial charge on any atom is 0.255 e. The Morgan fingerprint density at radius 2 is 1.77 bits per heavy atom. The molecule has 1 saturated carbocycles. The molecule has 4 rings (SSSR count). The molecule has 1 saturated heterocycles. The van der Waals surface area contributed by atoms with Crippen LogP contribution in [0.2, 0.25) is 0 Å². The normalized spacial score (nSPS) is 16.5. The molecule has 0 radical (unpaired) electrons. The van der Waals surface area contributed by atoms with Crippen molar-refractivity contribution in [2.75, 3.05) is 17.3 Å². The fourth-order valence-electron chi connectivity index (χ4n) is 3.29. The van der Waals surface area contributed by atoms with E-state index < -0.39 is 15.9 Å². The number of hydrogen-bond donors (Lipinski definition) is 2. The lowest BCUT2D eigenvalue weighted by Crippen LogP contribution is -2.28. The van der Waals surface area contributed by atoms with Crippen molar-refractivity contribution in [3.8, 4) is 5.75 Å². The smallest absolute Gasteiger partial charge is 0.255 e. The summed E-state index contributed by atoms with van der Waals surface area (Å²) < 4.78 is 32.9. The minimum Gasteiger partial charge on any atom is -0.495 e. The van der Waals surface area contributed by atoms with Crippen molar-refractivity contribution >= 4 is 39.1 Å². The fraction of sp³-hybridized carbons (Fsp3) is 0.286.